The molecule has 1 aliphatic heterocycles. The zero-order chi connectivity index (χ0) is 43.7. The van der Waals surface area contributed by atoms with Gasteiger partial charge in [0.1, 0.15) is 5.57 Å². The van der Waals surface area contributed by atoms with E-state index >= 15 is 0 Å². The molecular formula is C57H44N4O2S. The third-order valence-corrected chi connectivity index (χ3v) is 12.5. The van der Waals surface area contributed by atoms with Crippen molar-refractivity contribution < 1.29 is 9.59 Å². The Morgan fingerprint density at radius 1 is 0.359 bits per heavy atom. The lowest BCUT2D eigenvalue weighted by Gasteiger charge is -2.36. The highest BCUT2D eigenvalue weighted by Crippen LogP contribution is 2.49. The standard InChI is InChI=1S/C57H44N4O2S/c1-3-58-55(62)54(56(63)59(4-2)57(58)64)53-51-37-41(39-25-31-47(32-26-39)60(43-17-9-5-10-18-43)44-19-11-6-12-20-44)29-35-49(51)50-36-30-42(38-52(50)53)40-27-33-48(34-28-40)61(45-21-13-7-14-22-45)46-23-15-8-16-24-46/h5-38H,3-4H2,1-2H3. The minimum atomic E-state index is -0.371. The van der Waals surface area contributed by atoms with Gasteiger partial charge in [-0.2, -0.15) is 0 Å². The molecule has 1 aliphatic carbocycles. The van der Waals surface area contributed by atoms with Crippen LogP contribution in [0, 0.1) is 0 Å². The van der Waals surface area contributed by atoms with Crippen LogP contribution in [0.15, 0.2) is 212 Å². The molecule has 1 saturated heterocycles. The topological polar surface area (TPSA) is 47.1 Å². The fourth-order valence-electron chi connectivity index (χ4n) is 9.01. The zero-order valence-electron chi connectivity index (χ0n) is 35.6. The van der Waals surface area contributed by atoms with Gasteiger partial charge in [-0.25, -0.2) is 0 Å². The first-order valence-electron chi connectivity index (χ1n) is 21.7. The van der Waals surface area contributed by atoms with Gasteiger partial charge < -0.3 is 9.80 Å². The summed E-state index contributed by atoms with van der Waals surface area (Å²) < 4.78 is 0. The second kappa shape index (κ2) is 17.1. The molecule has 1 fully saturated rings. The number of nitrogens with zero attached hydrogens (tertiary/aromatic N) is 4. The predicted octanol–water partition coefficient (Wildman–Crippen LogP) is 13.7. The number of hydrogen-bond acceptors (Lipinski definition) is 5. The van der Waals surface area contributed by atoms with Crippen LogP contribution in [0.25, 0.3) is 39.0 Å². The number of benzene rings is 8. The molecule has 0 radical (unpaired) electrons. The van der Waals surface area contributed by atoms with Gasteiger partial charge in [0.2, 0.25) is 0 Å². The molecule has 0 unspecified atom stereocenters. The maximum absolute atomic E-state index is 14.5. The van der Waals surface area contributed by atoms with Crippen molar-refractivity contribution in [3.8, 4) is 33.4 Å². The van der Waals surface area contributed by atoms with Gasteiger partial charge in [-0.15, -0.1) is 0 Å². The first-order chi connectivity index (χ1) is 31.4. The van der Waals surface area contributed by atoms with Crippen molar-refractivity contribution in [2.75, 3.05) is 22.9 Å². The van der Waals surface area contributed by atoms with Crippen LogP contribution in [-0.2, 0) is 9.59 Å². The number of fused-ring (bicyclic) bond motifs is 3. The van der Waals surface area contributed by atoms with Crippen LogP contribution in [-0.4, -0.2) is 39.8 Å². The predicted molar refractivity (Wildman–Crippen MR) is 266 cm³/mol. The smallest absolute Gasteiger partial charge is 0.266 e. The Morgan fingerprint density at radius 2 is 0.656 bits per heavy atom. The van der Waals surface area contributed by atoms with Crippen molar-refractivity contribution in [2.45, 2.75) is 13.8 Å². The van der Waals surface area contributed by atoms with Gasteiger partial charge in [0, 0.05) is 52.8 Å². The summed E-state index contributed by atoms with van der Waals surface area (Å²) in [5.41, 5.74) is 14.7. The molecule has 1 heterocycles. The fraction of sp³-hybridized carbons (Fsp3) is 0.0702. The third kappa shape index (κ3) is 7.16. The Morgan fingerprint density at radius 3 is 0.969 bits per heavy atom. The molecule has 64 heavy (non-hydrogen) atoms. The normalized spacial score (nSPS) is 13.2. The molecule has 10 rings (SSSR count). The Balaban J connectivity index is 1.07. The first-order valence-corrected chi connectivity index (χ1v) is 22.1. The molecule has 0 bridgehead atoms. The minimum Gasteiger partial charge on any atom is -0.311 e. The van der Waals surface area contributed by atoms with Crippen LogP contribution in [0.4, 0.5) is 34.1 Å². The molecule has 0 aromatic heterocycles. The van der Waals surface area contributed by atoms with Crippen molar-refractivity contribution in [1.82, 2.24) is 9.80 Å². The van der Waals surface area contributed by atoms with Crippen LogP contribution in [0.5, 0.6) is 0 Å². The van der Waals surface area contributed by atoms with Gasteiger partial charge in [-0.3, -0.25) is 19.4 Å². The van der Waals surface area contributed by atoms with E-state index in [1.165, 1.54) is 0 Å². The van der Waals surface area contributed by atoms with Crippen LogP contribution in [0.3, 0.4) is 0 Å². The van der Waals surface area contributed by atoms with E-state index in [2.05, 4.69) is 143 Å². The van der Waals surface area contributed by atoms with Crippen molar-refractivity contribution in [3.63, 3.8) is 0 Å². The summed E-state index contributed by atoms with van der Waals surface area (Å²) in [5.74, 6) is -0.742. The number of carbonyl (C=O) groups is 2. The number of para-hydroxylation sites is 4. The van der Waals surface area contributed by atoms with E-state index < -0.39 is 0 Å². The molecule has 2 amide bonds. The zero-order valence-corrected chi connectivity index (χ0v) is 36.4. The van der Waals surface area contributed by atoms with E-state index in [9.17, 15) is 9.59 Å². The quantitative estimate of drug-likeness (QED) is 0.0779. The van der Waals surface area contributed by atoms with Gasteiger partial charge in [-0.05, 0) is 156 Å². The lowest BCUT2D eigenvalue weighted by Crippen LogP contribution is -2.56. The molecular weight excluding hydrogens is 805 g/mol. The molecule has 310 valence electrons. The summed E-state index contributed by atoms with van der Waals surface area (Å²) in [6.07, 6.45) is 0. The van der Waals surface area contributed by atoms with Crippen LogP contribution in [0.2, 0.25) is 0 Å². The van der Waals surface area contributed by atoms with Crippen LogP contribution < -0.4 is 9.80 Å². The molecule has 6 nitrogen and oxygen atoms in total. The molecule has 0 N–H and O–H groups in total. The van der Waals surface area contributed by atoms with E-state index in [1.54, 1.807) is 9.80 Å². The Kier molecular flexibility index (Phi) is 10.8. The number of likely N-dealkylation sites (N-methyl/N-ethyl adjacent to an activating group) is 2. The first kappa shape index (κ1) is 40.2. The molecule has 8 aromatic rings. The van der Waals surface area contributed by atoms with E-state index in [0.717, 1.165) is 78.6 Å². The number of anilines is 6. The molecule has 0 atom stereocenters. The maximum atomic E-state index is 14.5. The lowest BCUT2D eigenvalue weighted by molar-refractivity contribution is -0.133. The van der Waals surface area contributed by atoms with Crippen molar-refractivity contribution in [3.05, 3.63) is 223 Å². The monoisotopic (exact) mass is 848 g/mol. The third-order valence-electron chi connectivity index (χ3n) is 12.1. The average Bonchev–Trinajstić information content (AvgIpc) is 3.66. The Hall–Kier alpha value is -7.87. The van der Waals surface area contributed by atoms with Gasteiger partial charge in [0.25, 0.3) is 11.8 Å². The molecule has 8 aromatic carbocycles. The summed E-state index contributed by atoms with van der Waals surface area (Å²) in [6, 6.07) is 71.3. The summed E-state index contributed by atoms with van der Waals surface area (Å²) >= 11 is 5.72. The lowest BCUT2D eigenvalue weighted by atomic mass is 9.91. The largest absolute Gasteiger partial charge is 0.311 e. The molecule has 7 heteroatoms. The summed E-state index contributed by atoms with van der Waals surface area (Å²) in [6.45, 7) is 4.48. The van der Waals surface area contributed by atoms with Gasteiger partial charge in [-0.1, -0.05) is 121 Å². The Bertz CT molecular complexity index is 2780. The van der Waals surface area contributed by atoms with Crippen molar-refractivity contribution >= 4 is 68.8 Å². The van der Waals surface area contributed by atoms with E-state index in [-0.39, 0.29) is 22.5 Å². The highest BCUT2D eigenvalue weighted by molar-refractivity contribution is 7.80. The van der Waals surface area contributed by atoms with Crippen LogP contribution >= 0.6 is 12.2 Å². The van der Waals surface area contributed by atoms with Gasteiger partial charge >= 0.3 is 0 Å². The fourth-order valence-corrected chi connectivity index (χ4v) is 9.43. The summed E-state index contributed by atoms with van der Waals surface area (Å²) in [4.78, 5) is 36.7. The highest BCUT2D eigenvalue weighted by Gasteiger charge is 2.42. The SMILES string of the molecule is CCN1C(=O)C(=C2c3cc(-c4ccc(N(c5ccccc5)c5ccccc5)cc4)ccc3-c3ccc(-c4ccc(N(c5ccccc5)c5ccccc5)cc4)cc32)C(=O)N(CC)C1=S. The van der Waals surface area contributed by atoms with E-state index in [4.69, 9.17) is 12.2 Å². The van der Waals surface area contributed by atoms with Crippen molar-refractivity contribution in [2.24, 2.45) is 0 Å². The minimum absolute atomic E-state index is 0.139. The molecule has 0 saturated carbocycles. The maximum Gasteiger partial charge on any atom is 0.266 e. The molecule has 0 spiro atoms. The number of rotatable bonds is 10. The number of carbonyl (C=O) groups excluding carboxylic acids is 2. The van der Waals surface area contributed by atoms with Gasteiger partial charge in [0.15, 0.2) is 5.11 Å². The highest BCUT2D eigenvalue weighted by atomic mass is 32.1. The summed E-state index contributed by atoms with van der Waals surface area (Å²) in [5, 5.41) is 0.241. The van der Waals surface area contributed by atoms with Crippen LogP contribution in [0.1, 0.15) is 25.0 Å². The van der Waals surface area contributed by atoms with E-state index in [1.807, 2.05) is 86.6 Å². The van der Waals surface area contributed by atoms with Crippen molar-refractivity contribution in [1.29, 1.82) is 0 Å². The average molecular weight is 849 g/mol. The number of amides is 2. The van der Waals surface area contributed by atoms with Gasteiger partial charge in [0.05, 0.1) is 0 Å². The molecule has 2 aliphatic rings. The second-order valence-electron chi connectivity index (χ2n) is 15.8. The summed E-state index contributed by atoms with van der Waals surface area (Å²) in [7, 11) is 0. The number of thiocarbonyl (C=S) groups is 1. The van der Waals surface area contributed by atoms with E-state index in [0.29, 0.717) is 18.7 Å². The second-order valence-corrected chi connectivity index (χ2v) is 16.1. The Labute approximate surface area is 379 Å². The number of hydrogen-bond donors (Lipinski definition) is 0.